The third kappa shape index (κ3) is 3.03. The zero-order valence-corrected chi connectivity index (χ0v) is 11.4. The van der Waals surface area contributed by atoms with Crippen molar-refractivity contribution in [2.75, 3.05) is 7.11 Å². The number of sulfonamides is 1. The summed E-state index contributed by atoms with van der Waals surface area (Å²) in [6.07, 6.45) is 0. The molecule has 6 nitrogen and oxygen atoms in total. The maximum atomic E-state index is 11.7. The van der Waals surface area contributed by atoms with Crippen molar-refractivity contribution < 1.29 is 23.2 Å². The Morgan fingerprint density at radius 2 is 2.06 bits per heavy atom. The van der Waals surface area contributed by atoms with Crippen LogP contribution >= 0.6 is 15.9 Å². The average molecular weight is 324 g/mol. The number of benzene rings is 1. The van der Waals surface area contributed by atoms with E-state index in [1.54, 1.807) is 6.92 Å². The van der Waals surface area contributed by atoms with Gasteiger partial charge < -0.3 is 5.11 Å². The van der Waals surface area contributed by atoms with E-state index in [0.717, 1.165) is 13.2 Å². The molecule has 0 aliphatic heterocycles. The van der Waals surface area contributed by atoms with Crippen LogP contribution < -0.4 is 4.89 Å². The third-order valence-corrected chi connectivity index (χ3v) is 4.55. The van der Waals surface area contributed by atoms with Crippen LogP contribution in [0.2, 0.25) is 0 Å². The average Bonchev–Trinajstić information content (AvgIpc) is 2.21. The van der Waals surface area contributed by atoms with Gasteiger partial charge in [-0.2, -0.15) is 0 Å². The Morgan fingerprint density at radius 3 is 2.53 bits per heavy atom. The van der Waals surface area contributed by atoms with Crippen LogP contribution in [0.25, 0.3) is 0 Å². The SMILES string of the molecule is CONS(=O)(=O)c1cc(C(=O)O)cc(C)c1Br. The number of aromatic carboxylic acids is 1. The van der Waals surface area contributed by atoms with E-state index in [9.17, 15) is 13.2 Å². The van der Waals surface area contributed by atoms with E-state index in [1.807, 2.05) is 4.89 Å². The van der Waals surface area contributed by atoms with E-state index in [-0.39, 0.29) is 10.5 Å². The Hall–Kier alpha value is -0.960. The van der Waals surface area contributed by atoms with Crippen LogP contribution in [0, 0.1) is 6.92 Å². The van der Waals surface area contributed by atoms with Crippen LogP contribution in [0.15, 0.2) is 21.5 Å². The highest BCUT2D eigenvalue weighted by Gasteiger charge is 2.21. The van der Waals surface area contributed by atoms with Crippen molar-refractivity contribution in [1.82, 2.24) is 4.89 Å². The highest BCUT2D eigenvalue weighted by Crippen LogP contribution is 2.27. The second-order valence-electron chi connectivity index (χ2n) is 3.20. The molecule has 0 saturated heterocycles. The lowest BCUT2D eigenvalue weighted by atomic mass is 10.1. The number of hydrogen-bond donors (Lipinski definition) is 2. The number of nitrogens with one attached hydrogen (secondary N) is 1. The number of carbonyl (C=O) groups is 1. The van der Waals surface area contributed by atoms with E-state index >= 15 is 0 Å². The second-order valence-corrected chi connectivity index (χ2v) is 5.61. The smallest absolute Gasteiger partial charge is 0.335 e. The molecule has 0 radical (unpaired) electrons. The minimum atomic E-state index is -3.90. The summed E-state index contributed by atoms with van der Waals surface area (Å²) in [6, 6.07) is 2.43. The van der Waals surface area contributed by atoms with Crippen molar-refractivity contribution in [1.29, 1.82) is 0 Å². The first-order valence-corrected chi connectivity index (χ1v) is 6.65. The number of halogens is 1. The summed E-state index contributed by atoms with van der Waals surface area (Å²) in [4.78, 5) is 16.8. The fourth-order valence-electron chi connectivity index (χ4n) is 1.21. The third-order valence-electron chi connectivity index (χ3n) is 1.95. The largest absolute Gasteiger partial charge is 0.478 e. The van der Waals surface area contributed by atoms with E-state index in [2.05, 4.69) is 20.8 Å². The number of rotatable bonds is 4. The minimum absolute atomic E-state index is 0.109. The Bertz CT molecular complexity index is 555. The molecule has 0 fully saturated rings. The first kappa shape index (κ1) is 14.1. The maximum absolute atomic E-state index is 11.7. The van der Waals surface area contributed by atoms with Crippen molar-refractivity contribution in [3.05, 3.63) is 27.7 Å². The van der Waals surface area contributed by atoms with Gasteiger partial charge in [-0.15, -0.1) is 0 Å². The van der Waals surface area contributed by atoms with Crippen molar-refractivity contribution in [3.8, 4) is 0 Å². The van der Waals surface area contributed by atoms with Crippen LogP contribution in [-0.2, 0) is 14.9 Å². The normalized spacial score (nSPS) is 11.5. The molecule has 1 rings (SSSR count). The van der Waals surface area contributed by atoms with Crippen LogP contribution in [0.1, 0.15) is 15.9 Å². The fourth-order valence-corrected chi connectivity index (χ4v) is 3.07. The number of carboxylic acids is 1. The molecule has 0 aliphatic carbocycles. The van der Waals surface area contributed by atoms with Gasteiger partial charge in [-0.05, 0) is 40.5 Å². The lowest BCUT2D eigenvalue weighted by molar-refractivity contribution is 0.0696. The fraction of sp³-hybridized carbons (Fsp3) is 0.222. The predicted octanol–water partition coefficient (Wildman–Crippen LogP) is 1.30. The molecule has 2 N–H and O–H groups in total. The molecule has 8 heteroatoms. The minimum Gasteiger partial charge on any atom is -0.478 e. The zero-order valence-electron chi connectivity index (χ0n) is 9.02. The zero-order chi connectivity index (χ0) is 13.2. The highest BCUT2D eigenvalue weighted by atomic mass is 79.9. The summed E-state index contributed by atoms with van der Waals surface area (Å²) in [6.45, 7) is 1.60. The first-order chi connectivity index (χ1) is 7.79. The molecule has 17 heavy (non-hydrogen) atoms. The quantitative estimate of drug-likeness (QED) is 0.814. The summed E-state index contributed by atoms with van der Waals surface area (Å²) in [7, 11) is -2.75. The summed E-state index contributed by atoms with van der Waals surface area (Å²) >= 11 is 3.10. The van der Waals surface area contributed by atoms with E-state index in [0.29, 0.717) is 10.0 Å². The van der Waals surface area contributed by atoms with Crippen LogP contribution in [0.5, 0.6) is 0 Å². The molecule has 0 saturated carbocycles. The Balaban J connectivity index is 3.48. The van der Waals surface area contributed by atoms with Gasteiger partial charge >= 0.3 is 5.97 Å². The second kappa shape index (κ2) is 5.13. The maximum Gasteiger partial charge on any atom is 0.335 e. The number of carboxylic acid groups (broad SMARTS) is 1. The highest BCUT2D eigenvalue weighted by molar-refractivity contribution is 9.10. The van der Waals surface area contributed by atoms with Gasteiger partial charge in [-0.1, -0.05) is 4.89 Å². The summed E-state index contributed by atoms with van der Waals surface area (Å²) in [5.41, 5.74) is 0.392. The molecule has 0 amide bonds. The lowest BCUT2D eigenvalue weighted by Gasteiger charge is -2.09. The van der Waals surface area contributed by atoms with Gasteiger partial charge in [-0.3, -0.25) is 4.84 Å². The number of aryl methyl sites for hydroxylation is 1. The molecule has 1 aromatic carbocycles. The molecule has 0 heterocycles. The molecule has 0 aromatic heterocycles. The molecular formula is C9H10BrNO5S. The van der Waals surface area contributed by atoms with Crippen molar-refractivity contribution >= 4 is 31.9 Å². The molecule has 0 aliphatic rings. The molecule has 1 aromatic rings. The van der Waals surface area contributed by atoms with Crippen LogP contribution in [0.3, 0.4) is 0 Å². The van der Waals surface area contributed by atoms with Crippen molar-refractivity contribution in [2.24, 2.45) is 0 Å². The van der Waals surface area contributed by atoms with Crippen molar-refractivity contribution in [2.45, 2.75) is 11.8 Å². The summed E-state index contributed by atoms with van der Waals surface area (Å²) < 4.78 is 23.7. The topological polar surface area (TPSA) is 92.7 Å². The van der Waals surface area contributed by atoms with Gasteiger partial charge in [0.15, 0.2) is 0 Å². The first-order valence-electron chi connectivity index (χ1n) is 4.38. The van der Waals surface area contributed by atoms with E-state index in [4.69, 9.17) is 5.11 Å². The van der Waals surface area contributed by atoms with Gasteiger partial charge in [0.05, 0.1) is 17.6 Å². The summed E-state index contributed by atoms with van der Waals surface area (Å²) in [5.74, 6) is -1.20. The molecule has 0 unspecified atom stereocenters. The number of hydrogen-bond acceptors (Lipinski definition) is 4. The molecule has 0 spiro atoms. The van der Waals surface area contributed by atoms with E-state index in [1.165, 1.54) is 6.07 Å². The Morgan fingerprint density at radius 1 is 1.47 bits per heavy atom. The standard InChI is InChI=1S/C9H10BrNO5S/c1-5-3-6(9(12)13)4-7(8(5)10)17(14,15)11-16-2/h3-4,11H,1-2H3,(H,12,13). The predicted molar refractivity (Wildman–Crippen MR) is 63.2 cm³/mol. The van der Waals surface area contributed by atoms with Gasteiger partial charge in [0, 0.05) is 4.47 Å². The van der Waals surface area contributed by atoms with Gasteiger partial charge in [0.25, 0.3) is 10.0 Å². The Kier molecular flexibility index (Phi) is 4.26. The summed E-state index contributed by atoms with van der Waals surface area (Å²) in [5, 5.41) is 8.86. The van der Waals surface area contributed by atoms with Crippen LogP contribution in [-0.4, -0.2) is 26.6 Å². The molecule has 0 bridgehead atoms. The van der Waals surface area contributed by atoms with Crippen molar-refractivity contribution in [3.63, 3.8) is 0 Å². The van der Waals surface area contributed by atoms with E-state index < -0.39 is 16.0 Å². The van der Waals surface area contributed by atoms with Gasteiger partial charge in [0.2, 0.25) is 0 Å². The molecular weight excluding hydrogens is 314 g/mol. The van der Waals surface area contributed by atoms with Gasteiger partial charge in [-0.25, -0.2) is 13.2 Å². The molecule has 0 atom stereocenters. The van der Waals surface area contributed by atoms with Gasteiger partial charge in [0.1, 0.15) is 0 Å². The lowest BCUT2D eigenvalue weighted by Crippen LogP contribution is -2.23. The monoisotopic (exact) mass is 323 g/mol. The van der Waals surface area contributed by atoms with Crippen LogP contribution in [0.4, 0.5) is 0 Å². The Labute approximate surface area is 107 Å². The molecule has 94 valence electrons.